The van der Waals surface area contributed by atoms with Gasteiger partial charge in [-0.25, -0.2) is 4.98 Å². The molecule has 0 radical (unpaired) electrons. The summed E-state index contributed by atoms with van der Waals surface area (Å²) in [6.45, 7) is 11.6. The van der Waals surface area contributed by atoms with Crippen molar-refractivity contribution in [2.45, 2.75) is 51.7 Å². The Hall–Kier alpha value is -1.43. The molecule has 0 amide bonds. The molecule has 2 rings (SSSR count). The Labute approximate surface area is 158 Å². The van der Waals surface area contributed by atoms with Gasteiger partial charge in [0, 0.05) is 5.56 Å². The minimum absolute atomic E-state index is 0.358. The van der Waals surface area contributed by atoms with Crippen molar-refractivity contribution in [3.8, 4) is 10.4 Å². The highest BCUT2D eigenvalue weighted by Gasteiger charge is 2.27. The molecule has 3 nitrogen and oxygen atoms in total. The van der Waals surface area contributed by atoms with E-state index in [1.165, 1.54) is 4.88 Å². The number of thiazole rings is 1. The molecule has 0 unspecified atom stereocenters. The Morgan fingerprint density at radius 1 is 1.32 bits per heavy atom. The molecular weight excluding hydrogens is 348 g/mol. The maximum Gasteiger partial charge on any atom is 0.144 e. The number of allylic oxidation sites excluding steroid dienone is 1. The molecule has 0 fully saturated rings. The Morgan fingerprint density at radius 3 is 2.52 bits per heavy atom. The maximum absolute atomic E-state index is 12.5. The van der Waals surface area contributed by atoms with Crippen molar-refractivity contribution < 1.29 is 4.55 Å². The number of aromatic nitrogens is 1. The van der Waals surface area contributed by atoms with Crippen LogP contribution >= 0.6 is 11.3 Å². The first-order chi connectivity index (χ1) is 11.8. The number of nitrogens with zero attached hydrogens (tertiary/aromatic N) is 2. The van der Waals surface area contributed by atoms with Crippen molar-refractivity contribution >= 4 is 28.4 Å². The summed E-state index contributed by atoms with van der Waals surface area (Å²) in [5, 5.41) is 0. The standard InChI is InChI=1S/C20H26N2OS2/c1-6-7-8-9-18(22-25(23)20(3,4)5)16-10-12-17(13-11-16)19-15(2)21-14-24-19/h6,10-14H,1,7-9H2,2-5H3/b22-18-/t25-/m1/s1. The van der Waals surface area contributed by atoms with E-state index in [2.05, 4.69) is 40.2 Å². The lowest BCUT2D eigenvalue weighted by Gasteiger charge is -2.19. The summed E-state index contributed by atoms with van der Waals surface area (Å²) in [6, 6.07) is 8.33. The zero-order chi connectivity index (χ0) is 18.4. The van der Waals surface area contributed by atoms with Gasteiger partial charge in [0.25, 0.3) is 0 Å². The van der Waals surface area contributed by atoms with Crippen LogP contribution in [-0.2, 0) is 11.4 Å². The zero-order valence-electron chi connectivity index (χ0n) is 15.4. The van der Waals surface area contributed by atoms with Gasteiger partial charge in [0.15, 0.2) is 0 Å². The topological polar surface area (TPSA) is 48.3 Å². The fraction of sp³-hybridized carbons (Fsp3) is 0.400. The van der Waals surface area contributed by atoms with Crippen LogP contribution in [0.2, 0.25) is 0 Å². The molecule has 1 aromatic carbocycles. The van der Waals surface area contributed by atoms with Gasteiger partial charge < -0.3 is 4.55 Å². The molecule has 0 N–H and O–H groups in total. The van der Waals surface area contributed by atoms with Crippen LogP contribution in [0.4, 0.5) is 0 Å². The van der Waals surface area contributed by atoms with Crippen LogP contribution in [0.5, 0.6) is 0 Å². The lowest BCUT2D eigenvalue weighted by atomic mass is 10.0. The monoisotopic (exact) mass is 374 g/mol. The maximum atomic E-state index is 12.5. The molecule has 25 heavy (non-hydrogen) atoms. The van der Waals surface area contributed by atoms with Gasteiger partial charge in [-0.3, -0.25) is 0 Å². The summed E-state index contributed by atoms with van der Waals surface area (Å²) >= 11 is 0.389. The van der Waals surface area contributed by atoms with Gasteiger partial charge in [0.2, 0.25) is 0 Å². The van der Waals surface area contributed by atoms with Crippen LogP contribution in [-0.4, -0.2) is 20.0 Å². The summed E-state index contributed by atoms with van der Waals surface area (Å²) in [4.78, 5) is 5.50. The molecule has 0 saturated carbocycles. The molecule has 2 aromatic rings. The number of benzene rings is 1. The fourth-order valence-corrected chi connectivity index (χ4v) is 3.77. The molecule has 0 saturated heterocycles. The summed E-state index contributed by atoms with van der Waals surface area (Å²) < 4.78 is 16.7. The zero-order valence-corrected chi connectivity index (χ0v) is 17.0. The normalized spacial score (nSPS) is 13.7. The highest BCUT2D eigenvalue weighted by atomic mass is 32.2. The van der Waals surface area contributed by atoms with Crippen molar-refractivity contribution in [1.82, 2.24) is 4.98 Å². The van der Waals surface area contributed by atoms with Crippen LogP contribution in [0.1, 0.15) is 51.3 Å². The van der Waals surface area contributed by atoms with E-state index in [9.17, 15) is 4.55 Å². The average Bonchev–Trinajstić information content (AvgIpc) is 2.99. The van der Waals surface area contributed by atoms with Gasteiger partial charge in [0.1, 0.15) is 16.1 Å². The Balaban J connectivity index is 2.28. The van der Waals surface area contributed by atoms with Crippen molar-refractivity contribution in [3.63, 3.8) is 0 Å². The predicted molar refractivity (Wildman–Crippen MR) is 111 cm³/mol. The molecule has 0 aliphatic heterocycles. The smallest absolute Gasteiger partial charge is 0.144 e. The molecule has 1 aromatic heterocycles. The Kier molecular flexibility index (Phi) is 6.99. The highest BCUT2D eigenvalue weighted by Crippen LogP contribution is 2.28. The van der Waals surface area contributed by atoms with E-state index in [0.717, 1.165) is 41.8 Å². The van der Waals surface area contributed by atoms with Crippen molar-refractivity contribution in [1.29, 1.82) is 0 Å². The lowest BCUT2D eigenvalue weighted by molar-refractivity contribution is 0.561. The number of aryl methyl sites for hydroxylation is 1. The van der Waals surface area contributed by atoms with Crippen LogP contribution < -0.4 is 0 Å². The second-order valence-electron chi connectivity index (χ2n) is 6.92. The van der Waals surface area contributed by atoms with Gasteiger partial charge in [0.05, 0.1) is 21.8 Å². The minimum Gasteiger partial charge on any atom is -0.591 e. The number of rotatable bonds is 7. The predicted octanol–water partition coefficient (Wildman–Crippen LogP) is 5.73. The fourth-order valence-electron chi connectivity index (χ4n) is 2.29. The molecule has 0 bridgehead atoms. The van der Waals surface area contributed by atoms with E-state index < -0.39 is 11.4 Å². The van der Waals surface area contributed by atoms with Crippen LogP contribution in [0.25, 0.3) is 10.4 Å². The number of unbranched alkanes of at least 4 members (excludes halogenated alkanes) is 1. The van der Waals surface area contributed by atoms with Gasteiger partial charge in [-0.05, 0) is 52.5 Å². The molecule has 5 heteroatoms. The third kappa shape index (κ3) is 5.53. The third-order valence-electron chi connectivity index (χ3n) is 3.76. The Bertz CT molecular complexity index is 727. The largest absolute Gasteiger partial charge is 0.591 e. The number of hydrogen-bond acceptors (Lipinski definition) is 4. The highest BCUT2D eigenvalue weighted by molar-refractivity contribution is 7.91. The summed E-state index contributed by atoms with van der Waals surface area (Å²) in [5.74, 6) is 0. The SMILES string of the molecule is C=CCCC/C(=N/[S@+]([O-])C(C)(C)C)c1ccc(-c2scnc2C)cc1. The van der Waals surface area contributed by atoms with E-state index >= 15 is 0 Å². The van der Waals surface area contributed by atoms with E-state index in [0.29, 0.717) is 0 Å². The minimum atomic E-state index is -1.26. The summed E-state index contributed by atoms with van der Waals surface area (Å²) in [7, 11) is 0. The first-order valence-electron chi connectivity index (χ1n) is 8.44. The molecule has 1 heterocycles. The van der Waals surface area contributed by atoms with E-state index in [-0.39, 0.29) is 4.75 Å². The third-order valence-corrected chi connectivity index (χ3v) is 6.18. The van der Waals surface area contributed by atoms with Crippen molar-refractivity contribution in [2.75, 3.05) is 0 Å². The summed E-state index contributed by atoms with van der Waals surface area (Å²) in [5.41, 5.74) is 6.01. The quantitative estimate of drug-likeness (QED) is 0.269. The molecule has 0 spiro atoms. The molecule has 134 valence electrons. The molecule has 0 aliphatic rings. The lowest BCUT2D eigenvalue weighted by Crippen LogP contribution is -2.27. The van der Waals surface area contributed by atoms with Crippen LogP contribution in [0, 0.1) is 6.92 Å². The van der Waals surface area contributed by atoms with Gasteiger partial charge in [-0.15, -0.1) is 17.9 Å². The van der Waals surface area contributed by atoms with E-state index in [1.807, 2.05) is 39.3 Å². The van der Waals surface area contributed by atoms with Gasteiger partial charge in [-0.1, -0.05) is 34.7 Å². The van der Waals surface area contributed by atoms with Crippen LogP contribution in [0.15, 0.2) is 46.8 Å². The first-order valence-corrected chi connectivity index (χ1v) is 10.4. The second-order valence-corrected chi connectivity index (χ2v) is 9.69. The number of hydrogen-bond donors (Lipinski definition) is 0. The average molecular weight is 375 g/mol. The van der Waals surface area contributed by atoms with E-state index in [4.69, 9.17) is 0 Å². The second kappa shape index (κ2) is 8.79. The van der Waals surface area contributed by atoms with E-state index in [1.54, 1.807) is 11.3 Å². The van der Waals surface area contributed by atoms with Gasteiger partial charge >= 0.3 is 0 Å². The first kappa shape index (κ1) is 19.9. The van der Waals surface area contributed by atoms with Crippen LogP contribution in [0.3, 0.4) is 0 Å². The summed E-state index contributed by atoms with van der Waals surface area (Å²) in [6.07, 6.45) is 4.60. The molecule has 0 aliphatic carbocycles. The molecular formula is C20H26N2OS2. The van der Waals surface area contributed by atoms with Gasteiger partial charge in [-0.2, -0.15) is 0 Å². The Morgan fingerprint density at radius 2 is 2.00 bits per heavy atom. The molecule has 1 atom stereocenters. The van der Waals surface area contributed by atoms with Crippen molar-refractivity contribution in [3.05, 3.63) is 53.7 Å². The van der Waals surface area contributed by atoms with Crippen molar-refractivity contribution in [2.24, 2.45) is 4.40 Å².